The normalized spacial score (nSPS) is 31.2. The van der Waals surface area contributed by atoms with E-state index in [1.807, 2.05) is 31.7 Å². The molecule has 0 bridgehead atoms. The van der Waals surface area contributed by atoms with Crippen molar-refractivity contribution in [3.05, 3.63) is 23.2 Å². The number of ketones is 1. The lowest BCUT2D eigenvalue weighted by atomic mass is 9.55. The van der Waals surface area contributed by atoms with E-state index in [0.29, 0.717) is 13.0 Å². The molecule has 0 saturated carbocycles. The van der Waals surface area contributed by atoms with Crippen molar-refractivity contribution in [3.63, 3.8) is 0 Å². The van der Waals surface area contributed by atoms with Crippen LogP contribution in [0.5, 0.6) is 0 Å². The number of rotatable bonds is 2. The smallest absolute Gasteiger partial charge is 0.226 e. The van der Waals surface area contributed by atoms with Gasteiger partial charge in [0.05, 0.1) is 6.57 Å². The molecule has 114 valence electrons. The van der Waals surface area contributed by atoms with Crippen molar-refractivity contribution in [1.82, 2.24) is 4.90 Å². The van der Waals surface area contributed by atoms with Crippen LogP contribution in [0.3, 0.4) is 0 Å². The summed E-state index contributed by atoms with van der Waals surface area (Å²) in [6.45, 7) is 16.6. The number of fused-ring (bicyclic) bond motifs is 1. The molecule has 1 aliphatic heterocycles. The van der Waals surface area contributed by atoms with Gasteiger partial charge < -0.3 is 9.69 Å². The number of allylic oxidation sites excluding steroid dienone is 1. The van der Waals surface area contributed by atoms with E-state index in [-0.39, 0.29) is 28.7 Å². The largest absolute Gasteiger partial charge is 0.342 e. The molecule has 1 amide bonds. The minimum atomic E-state index is -0.525. The molecule has 4 nitrogen and oxygen atoms in total. The average Bonchev–Trinajstić information content (AvgIpc) is 2.42. The van der Waals surface area contributed by atoms with Gasteiger partial charge in [-0.15, -0.1) is 0 Å². The second-order valence-electron chi connectivity index (χ2n) is 7.10. The Balaban J connectivity index is 2.36. The Morgan fingerprint density at radius 2 is 2.14 bits per heavy atom. The molecule has 2 rings (SSSR count). The van der Waals surface area contributed by atoms with Gasteiger partial charge in [-0.2, -0.15) is 0 Å². The van der Waals surface area contributed by atoms with E-state index in [2.05, 4.69) is 11.8 Å². The summed E-state index contributed by atoms with van der Waals surface area (Å²) in [5.74, 6) is 0.326. The lowest BCUT2D eigenvalue weighted by molar-refractivity contribution is -0.140. The molecule has 0 N–H and O–H groups in total. The molecule has 0 unspecified atom stereocenters. The Labute approximate surface area is 127 Å². The third kappa shape index (κ3) is 2.50. The first-order chi connectivity index (χ1) is 9.76. The van der Waals surface area contributed by atoms with Crippen LogP contribution in [0.2, 0.25) is 0 Å². The third-order valence-electron chi connectivity index (χ3n) is 5.11. The van der Waals surface area contributed by atoms with Crippen molar-refractivity contribution < 1.29 is 9.59 Å². The van der Waals surface area contributed by atoms with Gasteiger partial charge in [0.1, 0.15) is 0 Å². The van der Waals surface area contributed by atoms with Gasteiger partial charge in [0.2, 0.25) is 11.6 Å². The minimum absolute atomic E-state index is 0.0479. The zero-order valence-electron chi connectivity index (χ0n) is 13.4. The van der Waals surface area contributed by atoms with Crippen LogP contribution in [0.4, 0.5) is 0 Å². The first-order valence-corrected chi connectivity index (χ1v) is 7.69. The van der Waals surface area contributed by atoms with Gasteiger partial charge in [-0.1, -0.05) is 33.8 Å². The molecule has 1 saturated heterocycles. The Morgan fingerprint density at radius 3 is 2.71 bits per heavy atom. The number of hydrogen-bond acceptors (Lipinski definition) is 2. The van der Waals surface area contributed by atoms with Crippen LogP contribution < -0.4 is 0 Å². The summed E-state index contributed by atoms with van der Waals surface area (Å²) in [6.07, 6.45) is 4.07. The summed E-state index contributed by atoms with van der Waals surface area (Å²) >= 11 is 0. The van der Waals surface area contributed by atoms with Crippen molar-refractivity contribution in [2.45, 2.75) is 47.0 Å². The maximum atomic E-state index is 12.4. The summed E-state index contributed by atoms with van der Waals surface area (Å²) < 4.78 is 0. The predicted octanol–water partition coefficient (Wildman–Crippen LogP) is 3.05. The molecule has 0 aromatic heterocycles. The van der Waals surface area contributed by atoms with Crippen LogP contribution in [0.25, 0.3) is 4.85 Å². The minimum Gasteiger partial charge on any atom is -0.342 e. The molecule has 4 heteroatoms. The van der Waals surface area contributed by atoms with E-state index in [4.69, 9.17) is 6.57 Å². The number of carbonyl (C=O) groups is 2. The summed E-state index contributed by atoms with van der Waals surface area (Å²) in [5.41, 5.74) is -0.564. The number of amides is 1. The van der Waals surface area contributed by atoms with Gasteiger partial charge in [0, 0.05) is 24.9 Å². The monoisotopic (exact) mass is 288 g/mol. The number of nitrogens with zero attached hydrogens (tertiary/aromatic N) is 2. The molecule has 1 aliphatic carbocycles. The van der Waals surface area contributed by atoms with Gasteiger partial charge in [-0.05, 0) is 24.2 Å². The molecular weight excluding hydrogens is 264 g/mol. The fraction of sp³-hybridized carbons (Fsp3) is 0.706. The highest BCUT2D eigenvalue weighted by molar-refractivity contribution is 6.02. The topological polar surface area (TPSA) is 41.7 Å². The third-order valence-corrected chi connectivity index (χ3v) is 5.11. The van der Waals surface area contributed by atoms with E-state index in [1.54, 1.807) is 0 Å². The molecule has 1 heterocycles. The molecule has 0 radical (unpaired) electrons. The summed E-state index contributed by atoms with van der Waals surface area (Å²) in [7, 11) is 0. The second kappa shape index (κ2) is 5.29. The lowest BCUT2D eigenvalue weighted by Crippen LogP contribution is -2.56. The number of hydrogen-bond donors (Lipinski definition) is 0. The first-order valence-electron chi connectivity index (χ1n) is 7.69. The Kier molecular flexibility index (Phi) is 3.97. The first kappa shape index (κ1) is 15.8. The van der Waals surface area contributed by atoms with Crippen molar-refractivity contribution in [1.29, 1.82) is 0 Å². The molecular formula is C17H24N2O2. The average molecular weight is 288 g/mol. The van der Waals surface area contributed by atoms with Crippen LogP contribution in [-0.4, -0.2) is 29.7 Å². The van der Waals surface area contributed by atoms with Gasteiger partial charge >= 0.3 is 0 Å². The number of Topliss-reactive ketones (excluding diaryl/α,β-unsaturated/α-hetero) is 1. The van der Waals surface area contributed by atoms with E-state index in [1.165, 1.54) is 0 Å². The van der Waals surface area contributed by atoms with Crippen LogP contribution >= 0.6 is 0 Å². The molecule has 2 atom stereocenters. The molecule has 0 aromatic carbocycles. The maximum absolute atomic E-state index is 12.4. The fourth-order valence-corrected chi connectivity index (χ4v) is 4.08. The Morgan fingerprint density at radius 1 is 1.48 bits per heavy atom. The fourth-order valence-electron chi connectivity index (χ4n) is 4.08. The van der Waals surface area contributed by atoms with Crippen LogP contribution in [0, 0.1) is 23.3 Å². The van der Waals surface area contributed by atoms with Crippen LogP contribution in [0.1, 0.15) is 47.0 Å². The lowest BCUT2D eigenvalue weighted by Gasteiger charge is -2.53. The van der Waals surface area contributed by atoms with Crippen molar-refractivity contribution >= 4 is 11.7 Å². The number of piperidine rings is 1. The van der Waals surface area contributed by atoms with E-state index < -0.39 is 5.41 Å². The molecule has 1 fully saturated rings. The van der Waals surface area contributed by atoms with Gasteiger partial charge in [0.15, 0.2) is 5.78 Å². The van der Waals surface area contributed by atoms with Crippen molar-refractivity contribution in [3.8, 4) is 0 Å². The predicted molar refractivity (Wildman–Crippen MR) is 81.2 cm³/mol. The van der Waals surface area contributed by atoms with Crippen LogP contribution in [0.15, 0.2) is 11.8 Å². The quantitative estimate of drug-likeness (QED) is 0.733. The van der Waals surface area contributed by atoms with Crippen LogP contribution in [-0.2, 0) is 9.59 Å². The van der Waals surface area contributed by atoms with Gasteiger partial charge in [-0.3, -0.25) is 4.79 Å². The highest BCUT2D eigenvalue weighted by atomic mass is 16.2. The highest BCUT2D eigenvalue weighted by Gasteiger charge is 2.53. The highest BCUT2D eigenvalue weighted by Crippen LogP contribution is 2.52. The summed E-state index contributed by atoms with van der Waals surface area (Å²) in [6, 6.07) is 0. The van der Waals surface area contributed by atoms with E-state index in [9.17, 15) is 9.59 Å². The summed E-state index contributed by atoms with van der Waals surface area (Å²) in [4.78, 5) is 29.9. The van der Waals surface area contributed by atoms with E-state index in [0.717, 1.165) is 19.4 Å². The number of carbonyl (C=O) groups excluding carboxylic acids is 2. The maximum Gasteiger partial charge on any atom is 0.226 e. The van der Waals surface area contributed by atoms with E-state index >= 15 is 0 Å². The second-order valence-corrected chi connectivity index (χ2v) is 7.10. The zero-order valence-corrected chi connectivity index (χ0v) is 13.4. The zero-order chi connectivity index (χ0) is 15.8. The molecule has 2 aliphatic rings. The molecule has 21 heavy (non-hydrogen) atoms. The summed E-state index contributed by atoms with van der Waals surface area (Å²) in [5, 5.41) is 0. The Hall–Kier alpha value is -1.63. The standard InChI is InChI=1S/C17H24N2O2/c1-6-7-14(20)19-9-8-13-16(2,3)15(21)12(18-5)10-17(13,4)11-19/h10,13H,6-9,11H2,1-4H3/t13-,17+/m0/s1. The molecule has 0 aromatic rings. The molecule has 0 spiro atoms. The number of likely N-dealkylation sites (tertiary alicyclic amines) is 1. The van der Waals surface area contributed by atoms with Gasteiger partial charge in [0.25, 0.3) is 0 Å². The Bertz CT molecular complexity index is 541. The van der Waals surface area contributed by atoms with Crippen molar-refractivity contribution in [2.24, 2.45) is 16.7 Å². The SMILES string of the molecule is [C-]#[N+]C1=C[C@]2(C)CN(C(=O)CCC)CC[C@H]2C(C)(C)C1=O. The van der Waals surface area contributed by atoms with Gasteiger partial charge in [-0.25, -0.2) is 4.85 Å². The van der Waals surface area contributed by atoms with Crippen molar-refractivity contribution in [2.75, 3.05) is 13.1 Å².